The average molecular weight is 257 g/mol. The van der Waals surface area contributed by atoms with E-state index in [2.05, 4.69) is 30.7 Å². The molecule has 5 nitrogen and oxygen atoms in total. The summed E-state index contributed by atoms with van der Waals surface area (Å²) < 4.78 is 0. The summed E-state index contributed by atoms with van der Waals surface area (Å²) in [5.41, 5.74) is 4.63. The predicted octanol–water partition coefficient (Wildman–Crippen LogP) is 0.593. The van der Waals surface area contributed by atoms with E-state index in [0.717, 1.165) is 26.1 Å². The third-order valence-corrected chi connectivity index (χ3v) is 4.09. The molecule has 5 heteroatoms. The van der Waals surface area contributed by atoms with E-state index in [9.17, 15) is 4.79 Å². The maximum atomic E-state index is 10.9. The average Bonchev–Trinajstić information content (AvgIpc) is 2.25. The van der Waals surface area contributed by atoms with Gasteiger partial charge in [0.2, 0.25) is 0 Å². The Kier molecular flexibility index (Phi) is 5.13. The lowest BCUT2D eigenvalue weighted by Crippen LogP contribution is -2.55. The fraction of sp³-hybridized carbons (Fsp3) is 0.923. The number of carboxylic acids is 1. The van der Waals surface area contributed by atoms with Crippen LogP contribution in [0.2, 0.25) is 0 Å². The highest BCUT2D eigenvalue weighted by Crippen LogP contribution is 2.15. The first kappa shape index (κ1) is 15.4. The molecule has 0 aromatic rings. The molecule has 0 amide bonds. The second-order valence-corrected chi connectivity index (χ2v) is 5.95. The minimum atomic E-state index is -1.09. The molecule has 1 aliphatic heterocycles. The first-order valence-electron chi connectivity index (χ1n) is 6.70. The molecule has 1 saturated heterocycles. The molecule has 1 fully saturated rings. The molecule has 0 aromatic heterocycles. The lowest BCUT2D eigenvalue weighted by molar-refractivity contribution is -0.143. The summed E-state index contributed by atoms with van der Waals surface area (Å²) in [4.78, 5) is 15.7. The molecule has 1 aliphatic rings. The number of piperazine rings is 1. The van der Waals surface area contributed by atoms with E-state index in [1.165, 1.54) is 0 Å². The summed E-state index contributed by atoms with van der Waals surface area (Å²) in [6.45, 7) is 9.08. The van der Waals surface area contributed by atoms with Gasteiger partial charge in [-0.3, -0.25) is 9.69 Å². The largest absolute Gasteiger partial charge is 0.480 e. The van der Waals surface area contributed by atoms with Crippen LogP contribution in [0.25, 0.3) is 0 Å². The molecular formula is C13H27N3O2. The van der Waals surface area contributed by atoms with Crippen molar-refractivity contribution in [2.75, 3.05) is 26.7 Å². The summed E-state index contributed by atoms with van der Waals surface area (Å²) >= 11 is 0. The van der Waals surface area contributed by atoms with E-state index >= 15 is 0 Å². The van der Waals surface area contributed by atoms with Crippen molar-refractivity contribution in [1.82, 2.24) is 9.80 Å². The number of likely N-dealkylation sites (N-methyl/N-ethyl adjacent to an activating group) is 1. The highest BCUT2D eigenvalue weighted by atomic mass is 16.4. The lowest BCUT2D eigenvalue weighted by atomic mass is 9.97. The molecule has 0 bridgehead atoms. The fourth-order valence-electron chi connectivity index (χ4n) is 2.47. The van der Waals surface area contributed by atoms with Crippen LogP contribution in [0.15, 0.2) is 0 Å². The summed E-state index contributed by atoms with van der Waals surface area (Å²) in [6.07, 6.45) is 1.36. The Balaban J connectivity index is 2.34. The predicted molar refractivity (Wildman–Crippen MR) is 72.6 cm³/mol. The highest BCUT2D eigenvalue weighted by Gasteiger charge is 2.29. The van der Waals surface area contributed by atoms with Gasteiger partial charge in [0.25, 0.3) is 0 Å². The number of nitrogens with zero attached hydrogens (tertiary/aromatic N) is 2. The van der Waals surface area contributed by atoms with Crippen molar-refractivity contribution in [1.29, 1.82) is 0 Å². The van der Waals surface area contributed by atoms with Crippen molar-refractivity contribution in [3.63, 3.8) is 0 Å². The number of carboxylic acid groups (broad SMARTS) is 1. The van der Waals surface area contributed by atoms with E-state index < -0.39 is 11.5 Å². The molecule has 0 saturated carbocycles. The van der Waals surface area contributed by atoms with Crippen LogP contribution >= 0.6 is 0 Å². The van der Waals surface area contributed by atoms with Crippen LogP contribution in [0.1, 0.15) is 33.6 Å². The maximum absolute atomic E-state index is 10.9. The Labute approximate surface area is 110 Å². The summed E-state index contributed by atoms with van der Waals surface area (Å²) in [5.74, 6) is -0.914. The zero-order valence-corrected chi connectivity index (χ0v) is 12.0. The van der Waals surface area contributed by atoms with Crippen molar-refractivity contribution >= 4 is 5.97 Å². The van der Waals surface area contributed by atoms with E-state index in [4.69, 9.17) is 10.8 Å². The lowest BCUT2D eigenvalue weighted by Gasteiger charge is -2.42. The number of rotatable bonds is 5. The van der Waals surface area contributed by atoms with E-state index in [1.807, 2.05) is 0 Å². The highest BCUT2D eigenvalue weighted by molar-refractivity contribution is 5.77. The van der Waals surface area contributed by atoms with Crippen LogP contribution in [0.4, 0.5) is 0 Å². The van der Waals surface area contributed by atoms with Gasteiger partial charge in [-0.15, -0.1) is 0 Å². The van der Waals surface area contributed by atoms with Crippen molar-refractivity contribution in [3.8, 4) is 0 Å². The third kappa shape index (κ3) is 3.93. The Bertz CT molecular complexity index is 282. The molecular weight excluding hydrogens is 230 g/mol. The zero-order valence-electron chi connectivity index (χ0n) is 12.0. The molecule has 1 heterocycles. The molecule has 0 radical (unpaired) electrons. The van der Waals surface area contributed by atoms with Crippen molar-refractivity contribution in [3.05, 3.63) is 0 Å². The van der Waals surface area contributed by atoms with Crippen LogP contribution in [0.5, 0.6) is 0 Å². The van der Waals surface area contributed by atoms with Crippen molar-refractivity contribution < 1.29 is 9.90 Å². The van der Waals surface area contributed by atoms with Gasteiger partial charge in [-0.1, -0.05) is 0 Å². The topological polar surface area (TPSA) is 69.8 Å². The molecule has 106 valence electrons. The minimum absolute atomic E-state index is 0.525. The minimum Gasteiger partial charge on any atom is -0.480 e. The number of hydrogen-bond acceptors (Lipinski definition) is 4. The summed E-state index contributed by atoms with van der Waals surface area (Å²) in [5, 5.41) is 8.95. The van der Waals surface area contributed by atoms with Gasteiger partial charge >= 0.3 is 5.97 Å². The van der Waals surface area contributed by atoms with Gasteiger partial charge in [-0.25, -0.2) is 0 Å². The first-order valence-corrected chi connectivity index (χ1v) is 6.70. The van der Waals surface area contributed by atoms with Gasteiger partial charge in [0, 0.05) is 25.2 Å². The van der Waals surface area contributed by atoms with Crippen LogP contribution < -0.4 is 5.73 Å². The number of hydrogen-bond donors (Lipinski definition) is 2. The Morgan fingerprint density at radius 2 is 1.89 bits per heavy atom. The van der Waals surface area contributed by atoms with E-state index in [0.29, 0.717) is 18.5 Å². The van der Waals surface area contributed by atoms with Gasteiger partial charge < -0.3 is 15.7 Å². The fourth-order valence-corrected chi connectivity index (χ4v) is 2.47. The van der Waals surface area contributed by atoms with Gasteiger partial charge in [0.1, 0.15) is 5.54 Å². The molecule has 0 aromatic carbocycles. The molecule has 3 unspecified atom stereocenters. The molecule has 3 atom stereocenters. The van der Waals surface area contributed by atoms with Gasteiger partial charge in [0.05, 0.1) is 0 Å². The standard InChI is InChI=1S/C13H27N3O2/c1-10-8-16(9-11(2)15(10)4)7-5-6-13(3,14)12(17)18/h10-11H,5-9,14H2,1-4H3,(H,17,18). The van der Waals surface area contributed by atoms with Crippen LogP contribution in [0, 0.1) is 0 Å². The molecule has 3 N–H and O–H groups in total. The van der Waals surface area contributed by atoms with Crippen LogP contribution in [-0.2, 0) is 4.79 Å². The molecule has 18 heavy (non-hydrogen) atoms. The Morgan fingerprint density at radius 3 is 2.33 bits per heavy atom. The Hall–Kier alpha value is -0.650. The normalized spacial score (nSPS) is 30.1. The second-order valence-electron chi connectivity index (χ2n) is 5.95. The summed E-state index contributed by atoms with van der Waals surface area (Å²) in [6, 6.07) is 1.11. The van der Waals surface area contributed by atoms with E-state index in [1.54, 1.807) is 6.92 Å². The zero-order chi connectivity index (χ0) is 13.9. The molecule has 0 aliphatic carbocycles. The maximum Gasteiger partial charge on any atom is 0.323 e. The molecule has 1 rings (SSSR count). The SMILES string of the molecule is CC1CN(CCCC(C)(N)C(=O)O)CC(C)N1C. The van der Waals surface area contributed by atoms with Crippen LogP contribution in [0.3, 0.4) is 0 Å². The smallest absolute Gasteiger partial charge is 0.323 e. The number of nitrogens with two attached hydrogens (primary N) is 1. The first-order chi connectivity index (χ1) is 8.24. The van der Waals surface area contributed by atoms with Gasteiger partial charge in [-0.2, -0.15) is 0 Å². The number of aliphatic carboxylic acids is 1. The van der Waals surface area contributed by atoms with Crippen LogP contribution in [-0.4, -0.2) is 65.2 Å². The Morgan fingerprint density at radius 1 is 1.39 bits per heavy atom. The van der Waals surface area contributed by atoms with Gasteiger partial charge in [-0.05, 0) is 47.2 Å². The van der Waals surface area contributed by atoms with Crippen molar-refractivity contribution in [2.24, 2.45) is 5.73 Å². The number of carbonyl (C=O) groups is 1. The van der Waals surface area contributed by atoms with Gasteiger partial charge in [0.15, 0.2) is 0 Å². The van der Waals surface area contributed by atoms with Crippen molar-refractivity contribution in [2.45, 2.75) is 51.2 Å². The quantitative estimate of drug-likeness (QED) is 0.754. The molecule has 0 spiro atoms. The summed E-state index contributed by atoms with van der Waals surface area (Å²) in [7, 11) is 2.16. The van der Waals surface area contributed by atoms with E-state index in [-0.39, 0.29) is 0 Å². The third-order valence-electron chi connectivity index (χ3n) is 4.09. The second kappa shape index (κ2) is 5.99. The monoisotopic (exact) mass is 257 g/mol.